The molecular weight excluding hydrogens is 204 g/mol. The Morgan fingerprint density at radius 1 is 1.50 bits per heavy atom. The summed E-state index contributed by atoms with van der Waals surface area (Å²) in [5.41, 5.74) is 7.58. The van der Waals surface area contributed by atoms with Gasteiger partial charge < -0.3 is 15.6 Å². The molecule has 0 saturated heterocycles. The Balaban J connectivity index is 2.36. The van der Waals surface area contributed by atoms with E-state index < -0.39 is 5.91 Å². The van der Waals surface area contributed by atoms with Gasteiger partial charge >= 0.3 is 0 Å². The van der Waals surface area contributed by atoms with Gasteiger partial charge in [0, 0.05) is 13.1 Å². The molecule has 3 rings (SSSR count). The van der Waals surface area contributed by atoms with Crippen molar-refractivity contribution in [3.63, 3.8) is 0 Å². The highest BCUT2D eigenvalue weighted by molar-refractivity contribution is 6.04. The Morgan fingerprint density at radius 3 is 3.19 bits per heavy atom. The van der Waals surface area contributed by atoms with Crippen molar-refractivity contribution in [2.45, 2.75) is 13.0 Å². The molecule has 82 valence electrons. The number of aryl methyl sites for hydroxylation is 1. The normalized spacial score (nSPS) is 14.5. The maximum absolute atomic E-state index is 11.4. The number of benzene rings is 1. The summed E-state index contributed by atoms with van der Waals surface area (Å²) < 4.78 is 2.03. The molecule has 16 heavy (non-hydrogen) atoms. The number of amides is 1. The van der Waals surface area contributed by atoms with Crippen molar-refractivity contribution in [1.29, 1.82) is 0 Å². The largest absolute Gasteiger partial charge is 0.366 e. The fraction of sp³-hybridized carbons (Fsp3) is 0.273. The number of fused-ring (bicyclic) bond motifs is 3. The zero-order valence-electron chi connectivity index (χ0n) is 8.73. The van der Waals surface area contributed by atoms with Crippen LogP contribution in [0.25, 0.3) is 11.0 Å². The lowest BCUT2D eigenvalue weighted by molar-refractivity contribution is 0.100. The van der Waals surface area contributed by atoms with Gasteiger partial charge in [-0.25, -0.2) is 4.98 Å². The highest BCUT2D eigenvalue weighted by Gasteiger charge is 2.18. The monoisotopic (exact) mass is 216 g/mol. The first kappa shape index (κ1) is 9.21. The van der Waals surface area contributed by atoms with Crippen molar-refractivity contribution < 1.29 is 4.79 Å². The number of para-hydroxylation sites is 1. The van der Waals surface area contributed by atoms with Gasteiger partial charge in [0.1, 0.15) is 0 Å². The van der Waals surface area contributed by atoms with Crippen LogP contribution < -0.4 is 11.1 Å². The molecule has 5 heteroatoms. The standard InChI is InChI=1S/C11H12N4O/c12-10(16)7-3-1-4-8-9(7)15-6-2-5-13-11(15)14-8/h1,3-4H,2,5-6H2,(H2,12,16)(H,13,14). The van der Waals surface area contributed by atoms with Crippen LogP contribution in [0.1, 0.15) is 16.8 Å². The molecule has 0 unspecified atom stereocenters. The lowest BCUT2D eigenvalue weighted by Crippen LogP contribution is -2.19. The second kappa shape index (κ2) is 3.23. The van der Waals surface area contributed by atoms with E-state index in [4.69, 9.17) is 5.73 Å². The van der Waals surface area contributed by atoms with Crippen molar-refractivity contribution in [3.05, 3.63) is 23.8 Å². The number of hydrogen-bond acceptors (Lipinski definition) is 3. The smallest absolute Gasteiger partial charge is 0.250 e. The molecule has 0 spiro atoms. The minimum absolute atomic E-state index is 0.404. The minimum atomic E-state index is -0.404. The molecule has 0 radical (unpaired) electrons. The van der Waals surface area contributed by atoms with Gasteiger partial charge in [-0.2, -0.15) is 0 Å². The number of anilines is 1. The molecule has 0 fully saturated rings. The van der Waals surface area contributed by atoms with E-state index in [2.05, 4.69) is 10.3 Å². The van der Waals surface area contributed by atoms with E-state index >= 15 is 0 Å². The molecule has 2 heterocycles. The summed E-state index contributed by atoms with van der Waals surface area (Å²) in [6, 6.07) is 5.45. The van der Waals surface area contributed by atoms with Gasteiger partial charge in [0.15, 0.2) is 0 Å². The first-order valence-electron chi connectivity index (χ1n) is 5.30. The number of carbonyl (C=O) groups excluding carboxylic acids is 1. The Hall–Kier alpha value is -2.04. The summed E-state index contributed by atoms with van der Waals surface area (Å²) >= 11 is 0. The van der Waals surface area contributed by atoms with Crippen LogP contribution in [0.15, 0.2) is 18.2 Å². The third kappa shape index (κ3) is 1.18. The van der Waals surface area contributed by atoms with Crippen molar-refractivity contribution >= 4 is 22.9 Å². The van der Waals surface area contributed by atoms with Crippen LogP contribution in [-0.4, -0.2) is 22.0 Å². The number of rotatable bonds is 1. The number of hydrogen-bond donors (Lipinski definition) is 2. The number of carbonyl (C=O) groups is 1. The van der Waals surface area contributed by atoms with Gasteiger partial charge in [-0.05, 0) is 18.6 Å². The average Bonchev–Trinajstić information content (AvgIpc) is 2.66. The van der Waals surface area contributed by atoms with E-state index in [9.17, 15) is 4.79 Å². The molecule has 1 aromatic carbocycles. The van der Waals surface area contributed by atoms with E-state index in [0.717, 1.165) is 36.5 Å². The number of aromatic nitrogens is 2. The predicted molar refractivity (Wildman–Crippen MR) is 61.4 cm³/mol. The molecule has 1 aromatic heterocycles. The fourth-order valence-corrected chi connectivity index (χ4v) is 2.17. The number of nitrogens with zero attached hydrogens (tertiary/aromatic N) is 2. The molecule has 0 atom stereocenters. The topological polar surface area (TPSA) is 72.9 Å². The average molecular weight is 216 g/mol. The van der Waals surface area contributed by atoms with Crippen LogP contribution in [0.4, 0.5) is 5.95 Å². The van der Waals surface area contributed by atoms with Crippen molar-refractivity contribution in [2.24, 2.45) is 5.73 Å². The fourth-order valence-electron chi connectivity index (χ4n) is 2.17. The van der Waals surface area contributed by atoms with Gasteiger partial charge in [-0.15, -0.1) is 0 Å². The SMILES string of the molecule is NC(=O)c1cccc2nc3n(c12)CCCN3. The summed E-state index contributed by atoms with van der Waals surface area (Å²) in [7, 11) is 0. The molecule has 1 aliphatic rings. The van der Waals surface area contributed by atoms with Crippen LogP contribution in [0.3, 0.4) is 0 Å². The second-order valence-electron chi connectivity index (χ2n) is 3.90. The van der Waals surface area contributed by atoms with E-state index in [1.54, 1.807) is 12.1 Å². The number of primary amides is 1. The molecule has 3 N–H and O–H groups in total. The Kier molecular flexibility index (Phi) is 1.86. The molecule has 0 bridgehead atoms. The Labute approximate surface area is 92.3 Å². The Bertz CT molecular complexity index is 573. The van der Waals surface area contributed by atoms with Crippen LogP contribution in [0.2, 0.25) is 0 Å². The van der Waals surface area contributed by atoms with Crippen molar-refractivity contribution in [2.75, 3.05) is 11.9 Å². The quantitative estimate of drug-likeness (QED) is 0.745. The Morgan fingerprint density at radius 2 is 2.38 bits per heavy atom. The summed E-state index contributed by atoms with van der Waals surface area (Å²) in [4.78, 5) is 15.8. The highest BCUT2D eigenvalue weighted by atomic mass is 16.1. The molecule has 2 aromatic rings. The van der Waals surface area contributed by atoms with Gasteiger partial charge in [0.25, 0.3) is 5.91 Å². The lowest BCUT2D eigenvalue weighted by atomic mass is 10.1. The molecule has 1 amide bonds. The number of nitrogens with one attached hydrogen (secondary N) is 1. The second-order valence-corrected chi connectivity index (χ2v) is 3.90. The predicted octanol–water partition coefficient (Wildman–Crippen LogP) is 0.951. The molecular formula is C11H12N4O. The molecule has 5 nitrogen and oxygen atoms in total. The zero-order chi connectivity index (χ0) is 11.1. The first-order chi connectivity index (χ1) is 7.77. The maximum atomic E-state index is 11.4. The summed E-state index contributed by atoms with van der Waals surface area (Å²) in [6.07, 6.45) is 1.03. The van der Waals surface area contributed by atoms with Crippen molar-refractivity contribution in [3.8, 4) is 0 Å². The van der Waals surface area contributed by atoms with E-state index in [-0.39, 0.29) is 0 Å². The van der Waals surface area contributed by atoms with Crippen molar-refractivity contribution in [1.82, 2.24) is 9.55 Å². The van der Waals surface area contributed by atoms with Crippen LogP contribution in [0.5, 0.6) is 0 Å². The highest BCUT2D eigenvalue weighted by Crippen LogP contribution is 2.25. The third-order valence-corrected chi connectivity index (χ3v) is 2.87. The summed E-state index contributed by atoms with van der Waals surface area (Å²) in [5, 5.41) is 3.22. The summed E-state index contributed by atoms with van der Waals surface area (Å²) in [6.45, 7) is 1.80. The zero-order valence-corrected chi connectivity index (χ0v) is 8.73. The van der Waals surface area contributed by atoms with E-state index in [0.29, 0.717) is 5.56 Å². The minimum Gasteiger partial charge on any atom is -0.366 e. The van der Waals surface area contributed by atoms with Gasteiger partial charge in [-0.1, -0.05) is 6.07 Å². The molecule has 1 aliphatic heterocycles. The van der Waals surface area contributed by atoms with Crippen LogP contribution in [-0.2, 0) is 6.54 Å². The lowest BCUT2D eigenvalue weighted by Gasteiger charge is -2.16. The van der Waals surface area contributed by atoms with Gasteiger partial charge in [0.2, 0.25) is 5.95 Å². The van der Waals surface area contributed by atoms with E-state index in [1.807, 2.05) is 10.6 Å². The van der Waals surface area contributed by atoms with E-state index in [1.165, 1.54) is 0 Å². The van der Waals surface area contributed by atoms with Gasteiger partial charge in [0.05, 0.1) is 16.6 Å². The van der Waals surface area contributed by atoms with Crippen LogP contribution in [0, 0.1) is 0 Å². The number of imidazole rings is 1. The maximum Gasteiger partial charge on any atom is 0.250 e. The summed E-state index contributed by atoms with van der Waals surface area (Å²) in [5.74, 6) is 0.425. The van der Waals surface area contributed by atoms with Gasteiger partial charge in [-0.3, -0.25) is 4.79 Å². The molecule has 0 aliphatic carbocycles. The molecule has 0 saturated carbocycles. The van der Waals surface area contributed by atoms with Crippen LogP contribution >= 0.6 is 0 Å². The number of nitrogens with two attached hydrogens (primary N) is 1. The first-order valence-corrected chi connectivity index (χ1v) is 5.30. The third-order valence-electron chi connectivity index (χ3n) is 2.87.